The predicted molar refractivity (Wildman–Crippen MR) is 64.9 cm³/mol. The quantitative estimate of drug-likeness (QED) is 0.605. The van der Waals surface area contributed by atoms with Crippen LogP contribution in [0.1, 0.15) is 11.5 Å². The highest BCUT2D eigenvalue weighted by Crippen LogP contribution is 2.33. The van der Waals surface area contributed by atoms with Crippen molar-refractivity contribution in [1.82, 2.24) is 0 Å². The Hall–Kier alpha value is -2.50. The minimum Gasteiger partial charge on any atom is -0.264 e. The van der Waals surface area contributed by atoms with E-state index >= 15 is 0 Å². The van der Waals surface area contributed by atoms with Gasteiger partial charge in [-0.15, -0.1) is 0 Å². The number of rotatable bonds is 3. The molecule has 0 saturated heterocycles. The van der Waals surface area contributed by atoms with Crippen molar-refractivity contribution in [2.75, 3.05) is 0 Å². The molecule has 6 heteroatoms. The summed E-state index contributed by atoms with van der Waals surface area (Å²) in [7, 11) is 0. The number of para-hydroxylation sites is 1. The van der Waals surface area contributed by atoms with E-state index in [1.165, 1.54) is 12.1 Å². The van der Waals surface area contributed by atoms with E-state index in [0.29, 0.717) is 5.56 Å². The lowest BCUT2D eigenvalue weighted by atomic mass is 9.87. The van der Waals surface area contributed by atoms with Gasteiger partial charge in [-0.1, -0.05) is 36.4 Å². The summed E-state index contributed by atoms with van der Waals surface area (Å²) in [5.74, 6) is -0.605. The van der Waals surface area contributed by atoms with E-state index in [1.807, 2.05) is 0 Å². The molecule has 2 atom stereocenters. The first-order valence-corrected chi connectivity index (χ1v) is 5.33. The van der Waals surface area contributed by atoms with Crippen LogP contribution in [0.2, 0.25) is 0 Å². The summed E-state index contributed by atoms with van der Waals surface area (Å²) in [4.78, 5) is 21.0. The highest BCUT2D eigenvalue weighted by Gasteiger charge is 2.33. The Labute approximate surface area is 103 Å². The molecule has 0 radical (unpaired) electrons. The molecule has 0 aliphatic heterocycles. The molecule has 0 bridgehead atoms. The third-order valence-corrected chi connectivity index (χ3v) is 2.84. The van der Waals surface area contributed by atoms with Crippen molar-refractivity contribution in [3.05, 3.63) is 74.4 Å². The summed E-state index contributed by atoms with van der Waals surface area (Å²) in [6.07, 6.45) is 6.32. The standard InChI is InChI=1S/C12H10N2O4/c15-13(16)11-7-3-1-5-9(11)10-6-2-4-8-12(10)14(17)18/h1-9,11H. The van der Waals surface area contributed by atoms with E-state index in [0.717, 1.165) is 0 Å². The van der Waals surface area contributed by atoms with E-state index in [2.05, 4.69) is 0 Å². The van der Waals surface area contributed by atoms with E-state index < -0.39 is 21.8 Å². The first-order valence-electron chi connectivity index (χ1n) is 5.33. The van der Waals surface area contributed by atoms with E-state index in [-0.39, 0.29) is 5.69 Å². The summed E-state index contributed by atoms with van der Waals surface area (Å²) in [6.45, 7) is 0. The molecule has 0 aromatic heterocycles. The van der Waals surface area contributed by atoms with Crippen LogP contribution in [0.4, 0.5) is 5.69 Å². The number of nitro benzene ring substituents is 1. The van der Waals surface area contributed by atoms with Gasteiger partial charge in [0.2, 0.25) is 6.04 Å². The van der Waals surface area contributed by atoms with Gasteiger partial charge in [0, 0.05) is 16.6 Å². The van der Waals surface area contributed by atoms with Crippen LogP contribution in [0.5, 0.6) is 0 Å². The SMILES string of the molecule is O=[N+]([O-])c1ccccc1C1C=CC=CC1[N+](=O)[O-]. The van der Waals surface area contributed by atoms with Crippen molar-refractivity contribution in [3.8, 4) is 0 Å². The second-order valence-corrected chi connectivity index (χ2v) is 3.89. The molecular weight excluding hydrogens is 236 g/mol. The Bertz CT molecular complexity index is 551. The largest absolute Gasteiger partial charge is 0.273 e. The molecule has 18 heavy (non-hydrogen) atoms. The first-order chi connectivity index (χ1) is 8.61. The van der Waals surface area contributed by atoms with Gasteiger partial charge in [0.15, 0.2) is 0 Å². The number of nitro groups is 2. The first kappa shape index (κ1) is 12.0. The van der Waals surface area contributed by atoms with E-state index in [4.69, 9.17) is 0 Å². The zero-order chi connectivity index (χ0) is 13.1. The van der Waals surface area contributed by atoms with Gasteiger partial charge in [0.05, 0.1) is 10.8 Å². The molecule has 2 unspecified atom stereocenters. The Morgan fingerprint density at radius 1 is 1.00 bits per heavy atom. The smallest absolute Gasteiger partial charge is 0.264 e. The lowest BCUT2D eigenvalue weighted by Gasteiger charge is -2.17. The van der Waals surface area contributed by atoms with Crippen LogP contribution in [0.25, 0.3) is 0 Å². The fourth-order valence-corrected chi connectivity index (χ4v) is 2.02. The number of nitrogens with zero attached hydrogens (tertiary/aromatic N) is 2. The average molecular weight is 246 g/mol. The van der Waals surface area contributed by atoms with Crippen LogP contribution in [0.15, 0.2) is 48.6 Å². The summed E-state index contributed by atoms with van der Waals surface area (Å²) >= 11 is 0. The summed E-state index contributed by atoms with van der Waals surface area (Å²) in [5.41, 5.74) is 0.277. The van der Waals surface area contributed by atoms with Gasteiger partial charge in [-0.2, -0.15) is 0 Å². The molecule has 1 aliphatic carbocycles. The van der Waals surface area contributed by atoms with Gasteiger partial charge < -0.3 is 0 Å². The molecule has 0 heterocycles. The molecule has 1 aromatic rings. The Morgan fingerprint density at radius 2 is 1.67 bits per heavy atom. The second kappa shape index (κ2) is 4.79. The topological polar surface area (TPSA) is 86.3 Å². The van der Waals surface area contributed by atoms with Crippen LogP contribution >= 0.6 is 0 Å². The van der Waals surface area contributed by atoms with Crippen LogP contribution in [-0.4, -0.2) is 15.9 Å². The normalized spacial score (nSPS) is 21.8. The van der Waals surface area contributed by atoms with Crippen molar-refractivity contribution in [2.24, 2.45) is 0 Å². The van der Waals surface area contributed by atoms with Crippen LogP contribution < -0.4 is 0 Å². The molecule has 0 saturated carbocycles. The lowest BCUT2D eigenvalue weighted by Crippen LogP contribution is -2.26. The number of benzene rings is 1. The summed E-state index contributed by atoms with van der Waals surface area (Å²) in [6, 6.07) is 5.15. The highest BCUT2D eigenvalue weighted by atomic mass is 16.6. The van der Waals surface area contributed by atoms with Crippen LogP contribution in [0.3, 0.4) is 0 Å². The maximum atomic E-state index is 11.0. The van der Waals surface area contributed by atoms with Gasteiger partial charge in [-0.25, -0.2) is 0 Å². The number of allylic oxidation sites excluding steroid dienone is 2. The molecule has 1 aromatic carbocycles. The number of hydrogen-bond donors (Lipinski definition) is 0. The van der Waals surface area contributed by atoms with Crippen molar-refractivity contribution < 1.29 is 9.85 Å². The average Bonchev–Trinajstić information content (AvgIpc) is 2.38. The monoisotopic (exact) mass is 246 g/mol. The lowest BCUT2D eigenvalue weighted by molar-refractivity contribution is -0.512. The maximum Gasteiger partial charge on any atom is 0.273 e. The van der Waals surface area contributed by atoms with Crippen molar-refractivity contribution in [3.63, 3.8) is 0 Å². The van der Waals surface area contributed by atoms with Crippen molar-refractivity contribution >= 4 is 5.69 Å². The molecule has 1 aliphatic rings. The third kappa shape index (κ3) is 2.13. The van der Waals surface area contributed by atoms with Crippen LogP contribution in [-0.2, 0) is 0 Å². The highest BCUT2D eigenvalue weighted by molar-refractivity contribution is 5.46. The van der Waals surface area contributed by atoms with E-state index in [1.54, 1.807) is 36.4 Å². The minimum absolute atomic E-state index is 0.0886. The van der Waals surface area contributed by atoms with Gasteiger partial charge in [0.25, 0.3) is 5.69 Å². The number of hydrogen-bond acceptors (Lipinski definition) is 4. The second-order valence-electron chi connectivity index (χ2n) is 3.89. The zero-order valence-electron chi connectivity index (χ0n) is 9.30. The van der Waals surface area contributed by atoms with Crippen molar-refractivity contribution in [2.45, 2.75) is 12.0 Å². The van der Waals surface area contributed by atoms with Crippen molar-refractivity contribution in [1.29, 1.82) is 0 Å². The molecule has 0 spiro atoms. The van der Waals surface area contributed by atoms with Gasteiger partial charge in [-0.3, -0.25) is 20.2 Å². The summed E-state index contributed by atoms with van der Waals surface area (Å²) < 4.78 is 0. The molecular formula is C12H10N2O4. The Kier molecular flexibility index (Phi) is 3.18. The fraction of sp³-hybridized carbons (Fsp3) is 0.167. The summed E-state index contributed by atoms with van der Waals surface area (Å²) in [5, 5.41) is 21.9. The molecule has 0 N–H and O–H groups in total. The molecule has 0 fully saturated rings. The minimum atomic E-state index is -0.962. The van der Waals surface area contributed by atoms with Crippen LogP contribution in [0, 0.1) is 20.2 Å². The van der Waals surface area contributed by atoms with Gasteiger partial charge in [0.1, 0.15) is 0 Å². The Morgan fingerprint density at radius 3 is 2.33 bits per heavy atom. The molecule has 92 valence electrons. The van der Waals surface area contributed by atoms with Gasteiger partial charge in [-0.05, 0) is 6.08 Å². The molecule has 2 rings (SSSR count). The molecule has 6 nitrogen and oxygen atoms in total. The zero-order valence-corrected chi connectivity index (χ0v) is 9.30. The fourth-order valence-electron chi connectivity index (χ4n) is 2.02. The third-order valence-electron chi connectivity index (χ3n) is 2.84. The maximum absolute atomic E-state index is 11.0. The van der Waals surface area contributed by atoms with Gasteiger partial charge >= 0.3 is 0 Å². The predicted octanol–water partition coefficient (Wildman–Crippen LogP) is 2.45. The Balaban J connectivity index is 2.47. The van der Waals surface area contributed by atoms with E-state index in [9.17, 15) is 20.2 Å². The molecule has 0 amide bonds.